The smallest absolute Gasteiger partial charge is 0.147 e. The Morgan fingerprint density at radius 1 is 1.24 bits per heavy atom. The van der Waals surface area contributed by atoms with Crippen LogP contribution < -0.4 is 10.2 Å². The minimum absolute atomic E-state index is 0.775. The number of nitrogens with zero attached hydrogens (tertiary/aromatic N) is 3. The third-order valence-electron chi connectivity index (χ3n) is 4.71. The summed E-state index contributed by atoms with van der Waals surface area (Å²) in [7, 11) is 1.93. The van der Waals surface area contributed by atoms with Gasteiger partial charge in [0.25, 0.3) is 0 Å². The van der Waals surface area contributed by atoms with Crippen LogP contribution in [0.25, 0.3) is 0 Å². The number of anilines is 1. The molecule has 21 heavy (non-hydrogen) atoms. The van der Waals surface area contributed by atoms with Crippen molar-refractivity contribution in [3.8, 4) is 0 Å². The van der Waals surface area contributed by atoms with Crippen LogP contribution in [-0.4, -0.2) is 49.2 Å². The second-order valence-electron chi connectivity index (χ2n) is 6.14. The molecule has 1 saturated carbocycles. The first-order chi connectivity index (χ1) is 10.3. The fraction of sp³-hybridized carbons (Fsp3) is 0.688. The zero-order chi connectivity index (χ0) is 14.7. The summed E-state index contributed by atoms with van der Waals surface area (Å²) in [6, 6.07) is 2.86. The fourth-order valence-corrected chi connectivity index (χ4v) is 3.88. The van der Waals surface area contributed by atoms with Crippen LogP contribution in [0.15, 0.2) is 12.3 Å². The van der Waals surface area contributed by atoms with Gasteiger partial charge in [-0.15, -0.1) is 0 Å². The minimum atomic E-state index is 0.775. The van der Waals surface area contributed by atoms with Crippen molar-refractivity contribution in [1.29, 1.82) is 0 Å². The standard InChI is InChI=1S/C16H25ClN4/c1-18-11-13-10-15(17)16(19-12-13)21-8-6-20(7-9-21)14-4-2-3-5-14/h10,12,14,18H,2-9,11H2,1H3. The highest BCUT2D eigenvalue weighted by Gasteiger charge is 2.27. The highest BCUT2D eigenvalue weighted by molar-refractivity contribution is 6.33. The molecule has 0 atom stereocenters. The maximum atomic E-state index is 6.42. The largest absolute Gasteiger partial charge is 0.353 e. The van der Waals surface area contributed by atoms with E-state index < -0.39 is 0 Å². The van der Waals surface area contributed by atoms with Crippen molar-refractivity contribution in [3.05, 3.63) is 22.8 Å². The molecule has 1 aliphatic carbocycles. The van der Waals surface area contributed by atoms with E-state index in [0.29, 0.717) is 0 Å². The van der Waals surface area contributed by atoms with E-state index in [1.165, 1.54) is 25.7 Å². The highest BCUT2D eigenvalue weighted by atomic mass is 35.5. The Balaban J connectivity index is 1.61. The fourth-order valence-electron chi connectivity index (χ4n) is 3.57. The van der Waals surface area contributed by atoms with Gasteiger partial charge in [0.15, 0.2) is 0 Å². The molecule has 116 valence electrons. The third-order valence-corrected chi connectivity index (χ3v) is 4.99. The molecule has 0 unspecified atom stereocenters. The molecule has 5 heteroatoms. The quantitative estimate of drug-likeness (QED) is 0.926. The number of hydrogen-bond acceptors (Lipinski definition) is 4. The van der Waals surface area contributed by atoms with Crippen LogP contribution in [0.5, 0.6) is 0 Å². The molecule has 3 rings (SSSR count). The van der Waals surface area contributed by atoms with Gasteiger partial charge in [-0.3, -0.25) is 4.90 Å². The number of rotatable bonds is 4. The first-order valence-corrected chi connectivity index (χ1v) is 8.44. The molecule has 2 fully saturated rings. The second kappa shape index (κ2) is 6.95. The summed E-state index contributed by atoms with van der Waals surface area (Å²) in [6.07, 6.45) is 7.52. The monoisotopic (exact) mass is 308 g/mol. The number of hydrogen-bond donors (Lipinski definition) is 1. The summed E-state index contributed by atoms with van der Waals surface area (Å²) in [4.78, 5) is 9.57. The average Bonchev–Trinajstić information content (AvgIpc) is 3.02. The van der Waals surface area contributed by atoms with Crippen molar-refractivity contribution in [2.45, 2.75) is 38.3 Å². The Bertz CT molecular complexity index is 465. The van der Waals surface area contributed by atoms with Crippen LogP contribution >= 0.6 is 11.6 Å². The SMILES string of the molecule is CNCc1cnc(N2CCN(C3CCCC3)CC2)c(Cl)c1. The van der Waals surface area contributed by atoms with E-state index in [0.717, 1.165) is 55.2 Å². The lowest BCUT2D eigenvalue weighted by atomic mass is 10.2. The summed E-state index contributed by atoms with van der Waals surface area (Å²) in [5.74, 6) is 0.947. The van der Waals surface area contributed by atoms with Crippen molar-refractivity contribution >= 4 is 17.4 Å². The molecule has 0 radical (unpaired) electrons. The first-order valence-electron chi connectivity index (χ1n) is 8.06. The van der Waals surface area contributed by atoms with Gasteiger partial charge in [0, 0.05) is 45.0 Å². The van der Waals surface area contributed by atoms with Gasteiger partial charge in [0.2, 0.25) is 0 Å². The van der Waals surface area contributed by atoms with Crippen LogP contribution in [0.3, 0.4) is 0 Å². The molecule has 1 aromatic rings. The van der Waals surface area contributed by atoms with Crippen molar-refractivity contribution in [2.24, 2.45) is 0 Å². The lowest BCUT2D eigenvalue weighted by Gasteiger charge is -2.38. The predicted octanol–water partition coefficient (Wildman–Crippen LogP) is 2.52. The first kappa shape index (κ1) is 15.1. The number of aromatic nitrogens is 1. The van der Waals surface area contributed by atoms with Crippen LogP contribution in [0.1, 0.15) is 31.2 Å². The van der Waals surface area contributed by atoms with Gasteiger partial charge in [-0.25, -0.2) is 4.98 Å². The molecule has 0 bridgehead atoms. The summed E-state index contributed by atoms with van der Waals surface area (Å²) in [5, 5.41) is 3.90. The van der Waals surface area contributed by atoms with E-state index in [1.54, 1.807) is 0 Å². The van der Waals surface area contributed by atoms with Gasteiger partial charge < -0.3 is 10.2 Å². The van der Waals surface area contributed by atoms with E-state index in [2.05, 4.69) is 20.1 Å². The lowest BCUT2D eigenvalue weighted by molar-refractivity contribution is 0.187. The maximum Gasteiger partial charge on any atom is 0.147 e. The van der Waals surface area contributed by atoms with Crippen LogP contribution in [-0.2, 0) is 6.54 Å². The molecule has 2 heterocycles. The molecule has 0 amide bonds. The van der Waals surface area contributed by atoms with E-state index in [-0.39, 0.29) is 0 Å². The van der Waals surface area contributed by atoms with Crippen molar-refractivity contribution in [3.63, 3.8) is 0 Å². The molecule has 1 saturated heterocycles. The van der Waals surface area contributed by atoms with E-state index >= 15 is 0 Å². The number of piperazine rings is 1. The van der Waals surface area contributed by atoms with Crippen LogP contribution in [0.2, 0.25) is 5.02 Å². The van der Waals surface area contributed by atoms with Gasteiger partial charge in [-0.2, -0.15) is 0 Å². The summed E-state index contributed by atoms with van der Waals surface area (Å²) in [6.45, 7) is 5.16. The molecular formula is C16H25ClN4. The van der Waals surface area contributed by atoms with Gasteiger partial charge >= 0.3 is 0 Å². The Morgan fingerprint density at radius 3 is 2.57 bits per heavy atom. The summed E-state index contributed by atoms with van der Waals surface area (Å²) >= 11 is 6.42. The molecule has 1 aliphatic heterocycles. The average molecular weight is 309 g/mol. The normalized spacial score (nSPS) is 21.1. The number of halogens is 1. The van der Waals surface area contributed by atoms with Crippen LogP contribution in [0, 0.1) is 0 Å². The van der Waals surface area contributed by atoms with Gasteiger partial charge in [-0.05, 0) is 31.5 Å². The zero-order valence-electron chi connectivity index (χ0n) is 12.8. The van der Waals surface area contributed by atoms with Gasteiger partial charge in [0.05, 0.1) is 5.02 Å². The van der Waals surface area contributed by atoms with Crippen molar-refractivity contribution < 1.29 is 0 Å². The van der Waals surface area contributed by atoms with E-state index in [1.807, 2.05) is 19.3 Å². The summed E-state index contributed by atoms with van der Waals surface area (Å²) in [5.41, 5.74) is 1.14. The lowest BCUT2D eigenvalue weighted by Crippen LogP contribution is -2.50. The highest BCUT2D eigenvalue weighted by Crippen LogP contribution is 2.28. The molecule has 0 spiro atoms. The Labute approximate surface area is 132 Å². The number of pyridine rings is 1. The number of nitrogens with one attached hydrogen (secondary N) is 1. The van der Waals surface area contributed by atoms with Gasteiger partial charge in [0.1, 0.15) is 5.82 Å². The Kier molecular flexibility index (Phi) is 4.99. The molecule has 0 aromatic carbocycles. The molecule has 1 N–H and O–H groups in total. The van der Waals surface area contributed by atoms with Crippen molar-refractivity contribution in [1.82, 2.24) is 15.2 Å². The molecule has 2 aliphatic rings. The Morgan fingerprint density at radius 2 is 1.95 bits per heavy atom. The summed E-state index contributed by atoms with van der Waals surface area (Å²) < 4.78 is 0. The van der Waals surface area contributed by atoms with Crippen molar-refractivity contribution in [2.75, 3.05) is 38.1 Å². The predicted molar refractivity (Wildman–Crippen MR) is 88.1 cm³/mol. The molecule has 4 nitrogen and oxygen atoms in total. The second-order valence-corrected chi connectivity index (χ2v) is 6.55. The van der Waals surface area contributed by atoms with Gasteiger partial charge in [-0.1, -0.05) is 24.4 Å². The van der Waals surface area contributed by atoms with E-state index in [9.17, 15) is 0 Å². The Hall–Kier alpha value is -0.840. The van der Waals surface area contributed by atoms with E-state index in [4.69, 9.17) is 11.6 Å². The third kappa shape index (κ3) is 3.50. The molecule has 1 aromatic heterocycles. The van der Waals surface area contributed by atoms with Crippen LogP contribution in [0.4, 0.5) is 5.82 Å². The topological polar surface area (TPSA) is 31.4 Å². The maximum absolute atomic E-state index is 6.42. The molecular weight excluding hydrogens is 284 g/mol. The zero-order valence-corrected chi connectivity index (χ0v) is 13.6. The minimum Gasteiger partial charge on any atom is -0.353 e.